The molecule has 0 bridgehead atoms. The molecule has 0 radical (unpaired) electrons. The quantitative estimate of drug-likeness (QED) is 0.768. The van der Waals surface area contributed by atoms with Crippen LogP contribution in [0.3, 0.4) is 0 Å². The van der Waals surface area contributed by atoms with Crippen LogP contribution in [0.1, 0.15) is 25.3 Å². The highest BCUT2D eigenvalue weighted by atomic mass is 32.2. The SMILES string of the molecule is CCSc1ccc(CCN(C)CC2(N)CC2)cc1. The van der Waals surface area contributed by atoms with Gasteiger partial charge in [0.1, 0.15) is 0 Å². The van der Waals surface area contributed by atoms with Crippen LogP contribution in [0.2, 0.25) is 0 Å². The van der Waals surface area contributed by atoms with Gasteiger partial charge in [0.2, 0.25) is 0 Å². The summed E-state index contributed by atoms with van der Waals surface area (Å²) in [5, 5.41) is 0. The van der Waals surface area contributed by atoms with Gasteiger partial charge in [0, 0.05) is 23.5 Å². The van der Waals surface area contributed by atoms with Crippen LogP contribution in [0.5, 0.6) is 0 Å². The first-order chi connectivity index (χ1) is 8.61. The Morgan fingerprint density at radius 3 is 2.50 bits per heavy atom. The van der Waals surface area contributed by atoms with Crippen molar-refractivity contribution in [2.24, 2.45) is 5.73 Å². The van der Waals surface area contributed by atoms with E-state index < -0.39 is 0 Å². The number of nitrogens with zero attached hydrogens (tertiary/aromatic N) is 1. The number of hydrogen-bond acceptors (Lipinski definition) is 3. The second-order valence-electron chi connectivity index (χ2n) is 5.43. The van der Waals surface area contributed by atoms with Gasteiger partial charge in [0.05, 0.1) is 0 Å². The van der Waals surface area contributed by atoms with Crippen LogP contribution in [0.25, 0.3) is 0 Å². The molecule has 0 atom stereocenters. The van der Waals surface area contributed by atoms with Crippen LogP contribution in [-0.2, 0) is 6.42 Å². The minimum atomic E-state index is 0.135. The fourth-order valence-corrected chi connectivity index (χ4v) is 2.84. The molecule has 3 heteroatoms. The highest BCUT2D eigenvalue weighted by molar-refractivity contribution is 7.99. The van der Waals surface area contributed by atoms with Gasteiger partial charge in [-0.3, -0.25) is 0 Å². The lowest BCUT2D eigenvalue weighted by Gasteiger charge is -2.20. The third kappa shape index (κ3) is 4.30. The number of benzene rings is 1. The molecule has 1 saturated carbocycles. The Hall–Kier alpha value is -0.510. The summed E-state index contributed by atoms with van der Waals surface area (Å²) < 4.78 is 0. The van der Waals surface area contributed by atoms with Gasteiger partial charge in [0.15, 0.2) is 0 Å². The zero-order valence-corrected chi connectivity index (χ0v) is 12.3. The molecule has 1 aromatic carbocycles. The molecule has 1 aliphatic carbocycles. The van der Waals surface area contributed by atoms with Crippen LogP contribution in [0.15, 0.2) is 29.2 Å². The van der Waals surface area contributed by atoms with Gasteiger partial charge in [-0.15, -0.1) is 11.8 Å². The molecular weight excluding hydrogens is 240 g/mol. The summed E-state index contributed by atoms with van der Waals surface area (Å²) in [6.45, 7) is 4.32. The maximum absolute atomic E-state index is 6.13. The Balaban J connectivity index is 1.75. The van der Waals surface area contributed by atoms with Crippen LogP contribution >= 0.6 is 11.8 Å². The molecule has 1 aromatic rings. The third-order valence-corrected chi connectivity index (χ3v) is 4.39. The Bertz CT molecular complexity index is 371. The van der Waals surface area contributed by atoms with Gasteiger partial charge in [-0.25, -0.2) is 0 Å². The van der Waals surface area contributed by atoms with Crippen molar-refractivity contribution in [1.29, 1.82) is 0 Å². The molecule has 1 aliphatic rings. The zero-order chi connectivity index (χ0) is 13.0. The lowest BCUT2D eigenvalue weighted by molar-refractivity contribution is 0.306. The Morgan fingerprint density at radius 2 is 1.94 bits per heavy atom. The number of rotatable bonds is 7. The van der Waals surface area contributed by atoms with E-state index in [4.69, 9.17) is 5.73 Å². The average molecular weight is 264 g/mol. The normalized spacial score (nSPS) is 17.1. The van der Waals surface area contributed by atoms with Crippen LogP contribution in [0, 0.1) is 0 Å². The van der Waals surface area contributed by atoms with Crippen molar-refractivity contribution in [1.82, 2.24) is 4.90 Å². The molecule has 0 aromatic heterocycles. The minimum absolute atomic E-state index is 0.135. The van der Waals surface area contributed by atoms with Gasteiger partial charge < -0.3 is 10.6 Å². The number of hydrogen-bond donors (Lipinski definition) is 1. The van der Waals surface area contributed by atoms with E-state index in [2.05, 4.69) is 43.1 Å². The average Bonchev–Trinajstić information content (AvgIpc) is 3.06. The van der Waals surface area contributed by atoms with E-state index in [1.165, 1.54) is 23.3 Å². The molecule has 0 amide bonds. The van der Waals surface area contributed by atoms with Gasteiger partial charge >= 0.3 is 0 Å². The molecule has 0 aliphatic heterocycles. The maximum atomic E-state index is 6.13. The number of nitrogens with two attached hydrogens (primary N) is 1. The number of thioether (sulfide) groups is 1. The van der Waals surface area contributed by atoms with E-state index in [-0.39, 0.29) is 5.54 Å². The summed E-state index contributed by atoms with van der Waals surface area (Å²) in [6.07, 6.45) is 3.50. The van der Waals surface area contributed by atoms with Gasteiger partial charge in [-0.1, -0.05) is 19.1 Å². The van der Waals surface area contributed by atoms with Gasteiger partial charge in [-0.2, -0.15) is 0 Å². The molecule has 0 spiro atoms. The fraction of sp³-hybridized carbons (Fsp3) is 0.600. The van der Waals surface area contributed by atoms with E-state index >= 15 is 0 Å². The first kappa shape index (κ1) is 13.9. The zero-order valence-electron chi connectivity index (χ0n) is 11.5. The first-order valence-corrected chi connectivity index (χ1v) is 7.79. The van der Waals surface area contributed by atoms with E-state index in [1.807, 2.05) is 11.8 Å². The summed E-state index contributed by atoms with van der Waals surface area (Å²) in [7, 11) is 2.17. The standard InChI is InChI=1S/C15H24N2S/c1-3-18-14-6-4-13(5-7-14)8-11-17(2)12-15(16)9-10-15/h4-7H,3,8-12,16H2,1-2H3. The fourth-order valence-electron chi connectivity index (χ4n) is 2.17. The van der Waals surface area contributed by atoms with E-state index in [0.29, 0.717) is 0 Å². The van der Waals surface area contributed by atoms with Crippen molar-refractivity contribution < 1.29 is 0 Å². The molecule has 0 saturated heterocycles. The lowest BCUT2D eigenvalue weighted by Crippen LogP contribution is -2.38. The molecule has 100 valence electrons. The lowest BCUT2D eigenvalue weighted by atomic mass is 10.1. The second kappa shape index (κ2) is 6.09. The van der Waals surface area contributed by atoms with Crippen molar-refractivity contribution in [3.05, 3.63) is 29.8 Å². The van der Waals surface area contributed by atoms with Crippen LogP contribution < -0.4 is 5.73 Å². The summed E-state index contributed by atoms with van der Waals surface area (Å²) in [4.78, 5) is 3.73. The predicted octanol–water partition coefficient (Wildman–Crippen LogP) is 2.76. The Kier molecular flexibility index (Phi) is 4.71. The van der Waals surface area contributed by atoms with Crippen molar-refractivity contribution in [3.63, 3.8) is 0 Å². The second-order valence-corrected chi connectivity index (χ2v) is 6.76. The molecule has 1 fully saturated rings. The van der Waals surface area contributed by atoms with E-state index in [9.17, 15) is 0 Å². The summed E-state index contributed by atoms with van der Waals surface area (Å²) in [5.74, 6) is 1.14. The molecule has 18 heavy (non-hydrogen) atoms. The molecule has 2 N–H and O–H groups in total. The van der Waals surface area contributed by atoms with Gasteiger partial charge in [-0.05, 0) is 49.8 Å². The van der Waals surface area contributed by atoms with E-state index in [1.54, 1.807) is 0 Å². The smallest absolute Gasteiger partial charge is 0.0284 e. The van der Waals surface area contributed by atoms with Crippen molar-refractivity contribution in [2.45, 2.75) is 36.6 Å². The van der Waals surface area contributed by atoms with Crippen LogP contribution in [-0.4, -0.2) is 36.3 Å². The molecule has 0 unspecified atom stereocenters. The topological polar surface area (TPSA) is 29.3 Å². The van der Waals surface area contributed by atoms with Crippen molar-refractivity contribution in [2.75, 3.05) is 25.9 Å². The van der Waals surface area contributed by atoms with E-state index in [0.717, 1.165) is 25.3 Å². The van der Waals surface area contributed by atoms with Crippen LogP contribution in [0.4, 0.5) is 0 Å². The monoisotopic (exact) mass is 264 g/mol. The van der Waals surface area contributed by atoms with Crippen molar-refractivity contribution >= 4 is 11.8 Å². The third-order valence-electron chi connectivity index (χ3n) is 3.49. The highest BCUT2D eigenvalue weighted by Gasteiger charge is 2.38. The summed E-state index contributed by atoms with van der Waals surface area (Å²) in [5.41, 5.74) is 7.68. The maximum Gasteiger partial charge on any atom is 0.0284 e. The Morgan fingerprint density at radius 1 is 1.28 bits per heavy atom. The van der Waals surface area contributed by atoms with Crippen molar-refractivity contribution in [3.8, 4) is 0 Å². The highest BCUT2D eigenvalue weighted by Crippen LogP contribution is 2.32. The largest absolute Gasteiger partial charge is 0.324 e. The predicted molar refractivity (Wildman–Crippen MR) is 80.2 cm³/mol. The molecular formula is C15H24N2S. The first-order valence-electron chi connectivity index (χ1n) is 6.80. The molecule has 2 nitrogen and oxygen atoms in total. The molecule has 2 rings (SSSR count). The number of likely N-dealkylation sites (N-methyl/N-ethyl adjacent to an activating group) is 1. The Labute approximate surface area is 115 Å². The van der Waals surface area contributed by atoms with Gasteiger partial charge in [0.25, 0.3) is 0 Å². The summed E-state index contributed by atoms with van der Waals surface area (Å²) in [6, 6.07) is 8.96. The summed E-state index contributed by atoms with van der Waals surface area (Å²) >= 11 is 1.90. The minimum Gasteiger partial charge on any atom is -0.324 e. The molecule has 0 heterocycles.